The van der Waals surface area contributed by atoms with E-state index in [9.17, 15) is 18.0 Å². The zero-order valence-corrected chi connectivity index (χ0v) is 22.8. The van der Waals surface area contributed by atoms with Crippen LogP contribution in [0.4, 0.5) is 10.9 Å². The van der Waals surface area contributed by atoms with Crippen molar-refractivity contribution in [2.45, 2.75) is 45.4 Å². The second kappa shape index (κ2) is 10.1. The van der Waals surface area contributed by atoms with Crippen LogP contribution in [-0.2, 0) is 19.6 Å². The molecule has 3 aromatic heterocycles. The molecule has 0 spiro atoms. The first kappa shape index (κ1) is 22.7. The summed E-state index contributed by atoms with van der Waals surface area (Å²) in [5, 5.41) is 4.89. The molecule has 2 aliphatic heterocycles. The summed E-state index contributed by atoms with van der Waals surface area (Å²) >= 11 is 1.23. The number of aryl methyl sites for hydroxylation is 1. The summed E-state index contributed by atoms with van der Waals surface area (Å²) in [5.41, 5.74) is 0.649. The molecule has 5 heterocycles. The number of nitrogens with one attached hydrogen (secondary N) is 1. The van der Waals surface area contributed by atoms with Gasteiger partial charge in [-0.05, 0) is 45.3 Å². The number of carbonyl (C=O) groups excluding carboxylic acids is 2. The highest BCUT2D eigenvalue weighted by atomic mass is 32.2. The minimum atomic E-state index is -3.96. The van der Waals surface area contributed by atoms with Gasteiger partial charge < -0.3 is 19.9 Å². The molecule has 11 nitrogen and oxygen atoms in total. The molecule has 0 bridgehead atoms. The topological polar surface area (TPSA) is 127 Å². The summed E-state index contributed by atoms with van der Waals surface area (Å²) in [7, 11) is -3.96. The Morgan fingerprint density at radius 2 is 1.95 bits per heavy atom. The number of anilines is 2. The third-order valence-electron chi connectivity index (χ3n) is 6.45. The van der Waals surface area contributed by atoms with Crippen LogP contribution < -0.4 is 10.2 Å². The average Bonchev–Trinajstić information content (AvgIpc) is 3.50. The quantitative estimate of drug-likeness (QED) is 0.487. The van der Waals surface area contributed by atoms with E-state index in [4.69, 9.17) is 13.8 Å². The molecule has 5 rings (SSSR count). The number of carbonyl (C=O) groups is 2. The van der Waals surface area contributed by atoms with Gasteiger partial charge in [0.25, 0.3) is 5.91 Å². The standard InChI is InChI=1S/C25H30N6O5S2/c1-15-10-18(13-31(15)38(4,34)35)24(33)30-9-8-21(30)23(32)28-25-27-20(14-37-25)19-6-5-7-22(26-19)29-11-16(2)36-17(3)12-29/h5-7,10,13-14,16-17,21H,8-9,11-12H2,1-4H3,(H,27,28,32)/t16-,17+,21-/m0/s1/i1D3. The van der Waals surface area contributed by atoms with E-state index in [1.54, 1.807) is 5.38 Å². The van der Waals surface area contributed by atoms with Crippen LogP contribution in [0.2, 0.25) is 0 Å². The molecule has 0 saturated carbocycles. The highest BCUT2D eigenvalue weighted by molar-refractivity contribution is 7.89. The van der Waals surface area contributed by atoms with Gasteiger partial charge in [-0.2, -0.15) is 0 Å². The van der Waals surface area contributed by atoms with Crippen molar-refractivity contribution >= 4 is 44.1 Å². The van der Waals surface area contributed by atoms with E-state index in [2.05, 4.69) is 15.2 Å². The molecule has 1 N–H and O–H groups in total. The van der Waals surface area contributed by atoms with Gasteiger partial charge in [-0.1, -0.05) is 6.07 Å². The van der Waals surface area contributed by atoms with Crippen LogP contribution in [-0.4, -0.2) is 83.2 Å². The van der Waals surface area contributed by atoms with Gasteiger partial charge in [-0.15, -0.1) is 11.3 Å². The predicted molar refractivity (Wildman–Crippen MR) is 145 cm³/mol. The van der Waals surface area contributed by atoms with E-state index >= 15 is 0 Å². The van der Waals surface area contributed by atoms with Crippen molar-refractivity contribution in [2.75, 3.05) is 36.1 Å². The molecular formula is C25H30N6O5S2. The zero-order chi connectivity index (χ0) is 29.7. The van der Waals surface area contributed by atoms with Gasteiger partial charge in [0.2, 0.25) is 15.9 Å². The Labute approximate surface area is 229 Å². The molecule has 2 saturated heterocycles. The molecule has 2 amide bonds. The normalized spacial score (nSPS) is 23.2. The fourth-order valence-corrected chi connectivity index (χ4v) is 6.07. The number of nitrogens with zero attached hydrogens (tertiary/aromatic N) is 5. The van der Waals surface area contributed by atoms with Crippen LogP contribution >= 0.6 is 11.3 Å². The Hall–Kier alpha value is -3.29. The Balaban J connectivity index is 1.27. The van der Waals surface area contributed by atoms with E-state index in [1.165, 1.54) is 16.2 Å². The van der Waals surface area contributed by atoms with Crippen LogP contribution in [0.25, 0.3) is 11.4 Å². The first-order chi connectivity index (χ1) is 19.2. The van der Waals surface area contributed by atoms with Crippen LogP contribution in [0.15, 0.2) is 35.8 Å². The van der Waals surface area contributed by atoms with Crippen LogP contribution in [0.3, 0.4) is 0 Å². The molecule has 38 heavy (non-hydrogen) atoms. The summed E-state index contributed by atoms with van der Waals surface area (Å²) in [5.74, 6) is -0.253. The van der Waals surface area contributed by atoms with E-state index in [-0.39, 0.29) is 24.3 Å². The first-order valence-corrected chi connectivity index (χ1v) is 14.8. The van der Waals surface area contributed by atoms with Gasteiger partial charge in [0, 0.05) is 41.0 Å². The van der Waals surface area contributed by atoms with E-state index < -0.39 is 40.4 Å². The Bertz CT molecular complexity index is 1580. The van der Waals surface area contributed by atoms with Crippen molar-refractivity contribution in [3.8, 4) is 11.4 Å². The smallest absolute Gasteiger partial charge is 0.256 e. The van der Waals surface area contributed by atoms with Gasteiger partial charge in [0.05, 0.1) is 29.7 Å². The summed E-state index contributed by atoms with van der Waals surface area (Å²) in [6.45, 7) is 3.03. The van der Waals surface area contributed by atoms with Gasteiger partial charge in [-0.25, -0.2) is 22.4 Å². The second-order valence-corrected chi connectivity index (χ2v) is 12.3. The number of hydrogen-bond acceptors (Lipinski definition) is 9. The summed E-state index contributed by atoms with van der Waals surface area (Å²) < 4.78 is 53.5. The third-order valence-corrected chi connectivity index (χ3v) is 8.22. The van der Waals surface area contributed by atoms with Crippen LogP contribution in [0, 0.1) is 6.85 Å². The number of pyridine rings is 1. The molecule has 13 heteroatoms. The molecule has 0 aliphatic carbocycles. The van der Waals surface area contributed by atoms with Gasteiger partial charge in [0.1, 0.15) is 17.6 Å². The molecule has 0 aromatic carbocycles. The lowest BCUT2D eigenvalue weighted by Gasteiger charge is -2.39. The molecule has 202 valence electrons. The number of amides is 2. The Morgan fingerprint density at radius 3 is 2.58 bits per heavy atom. The number of rotatable bonds is 6. The lowest BCUT2D eigenvalue weighted by Crippen LogP contribution is -2.56. The van der Waals surface area contributed by atoms with Gasteiger partial charge in [0.15, 0.2) is 5.13 Å². The van der Waals surface area contributed by atoms with E-state index in [0.717, 1.165) is 37.4 Å². The molecule has 3 atom stereocenters. The van der Waals surface area contributed by atoms with Crippen LogP contribution in [0.1, 0.15) is 40.4 Å². The lowest BCUT2D eigenvalue weighted by molar-refractivity contribution is -0.123. The fraction of sp³-hybridized carbons (Fsp3) is 0.440. The Kier molecular flexibility index (Phi) is 6.04. The SMILES string of the molecule is [2H]C([2H])([2H])c1cc(C(=O)N2CC[C@H]2C(=O)Nc2nc(-c3cccc(N4C[C@@H](C)O[C@@H](C)C4)n3)cs2)cn1S(C)(=O)=O. The number of hydrogen-bond donors (Lipinski definition) is 1. The average molecular weight is 562 g/mol. The highest BCUT2D eigenvalue weighted by Crippen LogP contribution is 2.28. The maximum absolute atomic E-state index is 13.1. The number of ether oxygens (including phenoxy) is 1. The van der Waals surface area contributed by atoms with Crippen molar-refractivity contribution in [1.29, 1.82) is 0 Å². The van der Waals surface area contributed by atoms with Crippen molar-refractivity contribution in [1.82, 2.24) is 18.8 Å². The predicted octanol–water partition coefficient (Wildman–Crippen LogP) is 2.59. The fourth-order valence-electron chi connectivity index (χ4n) is 4.65. The Morgan fingerprint density at radius 1 is 1.18 bits per heavy atom. The maximum atomic E-state index is 13.1. The highest BCUT2D eigenvalue weighted by Gasteiger charge is 2.39. The molecular weight excluding hydrogens is 528 g/mol. The minimum absolute atomic E-state index is 0.0893. The molecule has 0 radical (unpaired) electrons. The van der Waals surface area contributed by atoms with Crippen molar-refractivity contribution in [3.05, 3.63) is 47.1 Å². The molecule has 3 aromatic rings. The first-order valence-electron chi connectivity index (χ1n) is 13.6. The largest absolute Gasteiger partial charge is 0.372 e. The monoisotopic (exact) mass is 561 g/mol. The number of thiazole rings is 1. The van der Waals surface area contributed by atoms with Crippen molar-refractivity contribution in [2.24, 2.45) is 0 Å². The minimum Gasteiger partial charge on any atom is -0.372 e. The van der Waals surface area contributed by atoms with Crippen molar-refractivity contribution in [3.63, 3.8) is 0 Å². The molecule has 2 fully saturated rings. The third kappa shape index (κ3) is 5.31. The lowest BCUT2D eigenvalue weighted by atomic mass is 10.0. The van der Waals surface area contributed by atoms with E-state index in [0.29, 0.717) is 26.9 Å². The molecule has 0 unspecified atom stereocenters. The number of likely N-dealkylation sites (tertiary alicyclic amines) is 1. The number of morpholine rings is 1. The molecule has 2 aliphatic rings. The second-order valence-electron chi connectivity index (χ2n) is 9.55. The summed E-state index contributed by atoms with van der Waals surface area (Å²) in [6, 6.07) is 5.93. The zero-order valence-electron chi connectivity index (χ0n) is 24.1. The van der Waals surface area contributed by atoms with Gasteiger partial charge in [-0.3, -0.25) is 9.59 Å². The maximum Gasteiger partial charge on any atom is 0.256 e. The van der Waals surface area contributed by atoms with E-state index in [1.807, 2.05) is 32.0 Å². The van der Waals surface area contributed by atoms with Crippen LogP contribution in [0.5, 0.6) is 0 Å². The van der Waals surface area contributed by atoms with Gasteiger partial charge >= 0.3 is 0 Å². The van der Waals surface area contributed by atoms with Crippen molar-refractivity contribution < 1.29 is 26.9 Å². The summed E-state index contributed by atoms with van der Waals surface area (Å²) in [4.78, 5) is 38.9. The summed E-state index contributed by atoms with van der Waals surface area (Å²) in [6.07, 6.45) is 2.42. The number of aromatic nitrogens is 3.